The summed E-state index contributed by atoms with van der Waals surface area (Å²) in [5.41, 5.74) is 0.0507. The number of methoxy groups -OCH3 is 1. The van der Waals surface area contributed by atoms with E-state index in [0.29, 0.717) is 12.2 Å². The lowest BCUT2D eigenvalue weighted by Crippen LogP contribution is -2.40. The molecule has 0 bridgehead atoms. The molecule has 7 heteroatoms. The minimum absolute atomic E-state index is 0.0507. The van der Waals surface area contributed by atoms with Gasteiger partial charge in [0.15, 0.2) is 11.5 Å². The summed E-state index contributed by atoms with van der Waals surface area (Å²) in [5, 5.41) is 15.0. The van der Waals surface area contributed by atoms with Gasteiger partial charge in [0.05, 0.1) is 0 Å². The van der Waals surface area contributed by atoms with Crippen molar-refractivity contribution in [1.29, 1.82) is 0 Å². The van der Waals surface area contributed by atoms with Crippen LogP contribution in [0.4, 0.5) is 0 Å². The average molecular weight is 270 g/mol. The van der Waals surface area contributed by atoms with Crippen LogP contribution in [0.2, 0.25) is 0 Å². The van der Waals surface area contributed by atoms with Crippen LogP contribution in [0.3, 0.4) is 0 Å². The highest BCUT2D eigenvalue weighted by molar-refractivity contribution is 5.94. The summed E-state index contributed by atoms with van der Waals surface area (Å²) in [7, 11) is 1.49. The lowest BCUT2D eigenvalue weighted by Gasteiger charge is -2.12. The van der Waals surface area contributed by atoms with Crippen molar-refractivity contribution in [1.82, 2.24) is 10.5 Å². The lowest BCUT2D eigenvalue weighted by atomic mass is 10.1. The van der Waals surface area contributed by atoms with Gasteiger partial charge in [-0.25, -0.2) is 4.79 Å². The number of carbonyl (C=O) groups excluding carboxylic acids is 1. The third kappa shape index (κ3) is 4.70. The Kier molecular flexibility index (Phi) is 6.01. The van der Waals surface area contributed by atoms with E-state index in [2.05, 4.69) is 10.5 Å². The fourth-order valence-corrected chi connectivity index (χ4v) is 1.53. The topological polar surface area (TPSA) is 102 Å². The van der Waals surface area contributed by atoms with Gasteiger partial charge in [0, 0.05) is 13.2 Å². The molecule has 0 radical (unpaired) electrons. The van der Waals surface area contributed by atoms with Gasteiger partial charge in [-0.05, 0) is 6.42 Å². The maximum atomic E-state index is 11.8. The van der Waals surface area contributed by atoms with Crippen LogP contribution in [0.25, 0.3) is 0 Å². The second-order valence-corrected chi connectivity index (χ2v) is 4.12. The van der Waals surface area contributed by atoms with Crippen LogP contribution in [0.1, 0.15) is 42.4 Å². The molecule has 0 aliphatic heterocycles. The largest absolute Gasteiger partial charge is 0.480 e. The van der Waals surface area contributed by atoms with E-state index in [1.165, 1.54) is 13.2 Å². The Labute approximate surface area is 110 Å². The number of ether oxygens (including phenoxy) is 1. The predicted octanol–water partition coefficient (Wildman–Crippen LogP) is 1.19. The van der Waals surface area contributed by atoms with E-state index < -0.39 is 17.9 Å². The van der Waals surface area contributed by atoms with Gasteiger partial charge in [-0.15, -0.1) is 0 Å². The van der Waals surface area contributed by atoms with Crippen molar-refractivity contribution < 1.29 is 24.0 Å². The van der Waals surface area contributed by atoms with Crippen molar-refractivity contribution in [3.63, 3.8) is 0 Å². The molecule has 1 aromatic heterocycles. The third-order valence-electron chi connectivity index (χ3n) is 2.53. The smallest absolute Gasteiger partial charge is 0.326 e. The number of carbonyl (C=O) groups is 2. The molecular weight excluding hydrogens is 252 g/mol. The van der Waals surface area contributed by atoms with E-state index in [9.17, 15) is 9.59 Å². The number of carboxylic acids is 1. The van der Waals surface area contributed by atoms with Gasteiger partial charge in [-0.1, -0.05) is 24.9 Å². The quantitative estimate of drug-likeness (QED) is 0.735. The molecule has 0 saturated carbocycles. The SMILES string of the molecule is CCCC[C@H](NC(=O)c1cc(COC)on1)C(=O)O. The van der Waals surface area contributed by atoms with Crippen LogP contribution in [-0.4, -0.2) is 35.3 Å². The van der Waals surface area contributed by atoms with Crippen molar-refractivity contribution in [2.24, 2.45) is 0 Å². The first-order chi connectivity index (χ1) is 9.08. The van der Waals surface area contributed by atoms with Crippen molar-refractivity contribution in [3.05, 3.63) is 17.5 Å². The third-order valence-corrected chi connectivity index (χ3v) is 2.53. The summed E-state index contributed by atoms with van der Waals surface area (Å²) >= 11 is 0. The number of aliphatic carboxylic acids is 1. The highest BCUT2D eigenvalue weighted by atomic mass is 16.5. The van der Waals surface area contributed by atoms with Gasteiger partial charge in [-0.2, -0.15) is 0 Å². The minimum Gasteiger partial charge on any atom is -0.480 e. The van der Waals surface area contributed by atoms with E-state index in [-0.39, 0.29) is 12.3 Å². The van der Waals surface area contributed by atoms with E-state index in [1.54, 1.807) is 0 Å². The van der Waals surface area contributed by atoms with Crippen molar-refractivity contribution >= 4 is 11.9 Å². The molecule has 0 aliphatic carbocycles. The summed E-state index contributed by atoms with van der Waals surface area (Å²) in [6.07, 6.45) is 1.98. The molecule has 0 spiro atoms. The molecule has 1 atom stereocenters. The fraction of sp³-hybridized carbons (Fsp3) is 0.583. The highest BCUT2D eigenvalue weighted by Gasteiger charge is 2.22. The average Bonchev–Trinajstić information content (AvgIpc) is 2.83. The Bertz CT molecular complexity index is 430. The maximum absolute atomic E-state index is 11.8. The van der Waals surface area contributed by atoms with Crippen LogP contribution in [0.5, 0.6) is 0 Å². The molecule has 1 aromatic rings. The lowest BCUT2D eigenvalue weighted by molar-refractivity contribution is -0.139. The summed E-state index contributed by atoms with van der Waals surface area (Å²) in [4.78, 5) is 22.8. The normalized spacial score (nSPS) is 12.1. The van der Waals surface area contributed by atoms with Crippen LogP contribution in [-0.2, 0) is 16.1 Å². The molecule has 0 fully saturated rings. The number of amides is 1. The molecule has 2 N–H and O–H groups in total. The number of carboxylic acid groups (broad SMARTS) is 1. The second kappa shape index (κ2) is 7.52. The summed E-state index contributed by atoms with van der Waals surface area (Å²) in [5.74, 6) is -1.20. The molecular formula is C12H18N2O5. The van der Waals surface area contributed by atoms with Gasteiger partial charge in [0.25, 0.3) is 5.91 Å². The van der Waals surface area contributed by atoms with E-state index in [4.69, 9.17) is 14.4 Å². The van der Waals surface area contributed by atoms with Gasteiger partial charge >= 0.3 is 5.97 Å². The van der Waals surface area contributed by atoms with Crippen LogP contribution in [0, 0.1) is 0 Å². The fourth-order valence-electron chi connectivity index (χ4n) is 1.53. The molecule has 19 heavy (non-hydrogen) atoms. The zero-order valence-electron chi connectivity index (χ0n) is 11.0. The molecule has 0 aliphatic rings. The molecule has 7 nitrogen and oxygen atoms in total. The number of aromatic nitrogens is 1. The Morgan fingerprint density at radius 3 is 2.89 bits per heavy atom. The van der Waals surface area contributed by atoms with Crippen LogP contribution in [0.15, 0.2) is 10.6 Å². The molecule has 1 amide bonds. The Morgan fingerprint density at radius 2 is 2.32 bits per heavy atom. The summed E-state index contributed by atoms with van der Waals surface area (Å²) in [6.45, 7) is 2.16. The zero-order valence-corrected chi connectivity index (χ0v) is 11.0. The first kappa shape index (κ1) is 15.2. The van der Waals surface area contributed by atoms with Gasteiger partial charge in [0.2, 0.25) is 0 Å². The van der Waals surface area contributed by atoms with Crippen LogP contribution < -0.4 is 5.32 Å². The van der Waals surface area contributed by atoms with E-state index in [0.717, 1.165) is 12.8 Å². The monoisotopic (exact) mass is 270 g/mol. The number of nitrogens with zero attached hydrogens (tertiary/aromatic N) is 1. The van der Waals surface area contributed by atoms with Gasteiger partial charge in [0.1, 0.15) is 12.6 Å². The second-order valence-electron chi connectivity index (χ2n) is 4.12. The summed E-state index contributed by atoms with van der Waals surface area (Å²) < 4.78 is 9.70. The predicted molar refractivity (Wildman–Crippen MR) is 65.6 cm³/mol. The number of unbranched alkanes of at least 4 members (excludes halogenated alkanes) is 1. The zero-order chi connectivity index (χ0) is 14.3. The van der Waals surface area contributed by atoms with Crippen molar-refractivity contribution in [3.8, 4) is 0 Å². The molecule has 0 unspecified atom stereocenters. The number of hydrogen-bond acceptors (Lipinski definition) is 5. The molecule has 106 valence electrons. The van der Waals surface area contributed by atoms with E-state index >= 15 is 0 Å². The van der Waals surface area contributed by atoms with E-state index in [1.807, 2.05) is 6.92 Å². The first-order valence-corrected chi connectivity index (χ1v) is 6.06. The maximum Gasteiger partial charge on any atom is 0.326 e. The van der Waals surface area contributed by atoms with Gasteiger partial charge < -0.3 is 19.7 Å². The first-order valence-electron chi connectivity index (χ1n) is 6.06. The molecule has 1 rings (SSSR count). The number of nitrogens with one attached hydrogen (secondary N) is 1. The number of rotatable bonds is 8. The van der Waals surface area contributed by atoms with Crippen LogP contribution >= 0.6 is 0 Å². The molecule has 0 aromatic carbocycles. The van der Waals surface area contributed by atoms with Gasteiger partial charge in [-0.3, -0.25) is 4.79 Å². The summed E-state index contributed by atoms with van der Waals surface area (Å²) in [6, 6.07) is 0.521. The Morgan fingerprint density at radius 1 is 1.58 bits per heavy atom. The molecule has 0 saturated heterocycles. The minimum atomic E-state index is -1.05. The van der Waals surface area contributed by atoms with Crippen molar-refractivity contribution in [2.75, 3.05) is 7.11 Å². The molecule has 1 heterocycles. The number of hydrogen-bond donors (Lipinski definition) is 2. The highest BCUT2D eigenvalue weighted by Crippen LogP contribution is 2.07. The Hall–Kier alpha value is -1.89. The standard InChI is InChI=1S/C12H18N2O5/c1-3-4-5-9(12(16)17)13-11(15)10-6-8(7-18-2)19-14-10/h6,9H,3-5,7H2,1-2H3,(H,13,15)(H,16,17)/t9-/m0/s1. The Balaban J connectivity index is 2.62. The van der Waals surface area contributed by atoms with Crippen molar-refractivity contribution in [2.45, 2.75) is 38.8 Å².